The lowest BCUT2D eigenvalue weighted by Crippen LogP contribution is -2.46. The number of carbonyl (C=O) groups excluding carboxylic acids is 2. The summed E-state index contributed by atoms with van der Waals surface area (Å²) in [4.78, 5) is 25.1. The van der Waals surface area contributed by atoms with E-state index in [1.165, 1.54) is 0 Å². The molecule has 148 valence electrons. The second-order valence-electron chi connectivity index (χ2n) is 6.93. The van der Waals surface area contributed by atoms with Gasteiger partial charge in [0.1, 0.15) is 18.6 Å². The molecule has 2 aliphatic rings. The van der Waals surface area contributed by atoms with Crippen LogP contribution in [0.2, 0.25) is 0 Å². The number of rotatable bonds is 6. The average molecular weight is 381 g/mol. The molecule has 27 heavy (non-hydrogen) atoms. The molecular formula is C19H25F2N3O3. The standard InChI is InChI=1S/C19H25F2N3O3/c1-22-17(26)6-5-13(11-25)24-9-10-27-18-14(3-2-4-16(18)24)15-7-8-23-12-19(15,20)21/h2-4,11,13,15,23H,5-10,12H2,1H3,(H,22,26). The van der Waals surface area contributed by atoms with Crippen molar-refractivity contribution in [3.05, 3.63) is 23.8 Å². The van der Waals surface area contributed by atoms with Gasteiger partial charge in [0.15, 0.2) is 0 Å². The number of hydrogen-bond acceptors (Lipinski definition) is 5. The van der Waals surface area contributed by atoms with Gasteiger partial charge >= 0.3 is 0 Å². The van der Waals surface area contributed by atoms with Crippen LogP contribution in [-0.4, -0.2) is 57.4 Å². The molecule has 6 nitrogen and oxygen atoms in total. The van der Waals surface area contributed by atoms with Crippen LogP contribution in [0.25, 0.3) is 0 Å². The molecule has 0 spiro atoms. The molecule has 2 atom stereocenters. The summed E-state index contributed by atoms with van der Waals surface area (Å²) < 4.78 is 34.7. The Bertz CT molecular complexity index is 699. The summed E-state index contributed by atoms with van der Waals surface area (Å²) in [5.74, 6) is -3.49. The third-order valence-corrected chi connectivity index (χ3v) is 5.27. The van der Waals surface area contributed by atoms with Crippen LogP contribution in [0, 0.1) is 0 Å². The highest BCUT2D eigenvalue weighted by Crippen LogP contribution is 2.46. The Hall–Kier alpha value is -2.22. The molecule has 3 rings (SSSR count). The molecule has 2 unspecified atom stereocenters. The number of fused-ring (bicyclic) bond motifs is 1. The van der Waals surface area contributed by atoms with Crippen molar-refractivity contribution in [2.75, 3.05) is 38.2 Å². The summed E-state index contributed by atoms with van der Waals surface area (Å²) in [5, 5.41) is 5.28. The predicted octanol–water partition coefficient (Wildman–Crippen LogP) is 1.69. The van der Waals surface area contributed by atoms with Crippen LogP contribution in [0.3, 0.4) is 0 Å². The number of para-hydroxylation sites is 1. The number of hydrogen-bond donors (Lipinski definition) is 2. The minimum absolute atomic E-state index is 0.140. The number of carbonyl (C=O) groups is 2. The van der Waals surface area contributed by atoms with Gasteiger partial charge in [-0.1, -0.05) is 12.1 Å². The molecule has 1 aromatic carbocycles. The van der Waals surface area contributed by atoms with Gasteiger partial charge < -0.3 is 25.1 Å². The van der Waals surface area contributed by atoms with E-state index in [-0.39, 0.29) is 18.9 Å². The quantitative estimate of drug-likeness (QED) is 0.734. The third kappa shape index (κ3) is 4.05. The fraction of sp³-hybridized carbons (Fsp3) is 0.579. The highest BCUT2D eigenvalue weighted by Gasteiger charge is 2.44. The van der Waals surface area contributed by atoms with Crippen LogP contribution >= 0.6 is 0 Å². The van der Waals surface area contributed by atoms with Crippen molar-refractivity contribution in [1.82, 2.24) is 10.6 Å². The molecule has 2 aliphatic heterocycles. The Labute approximate surface area is 157 Å². The number of aldehydes is 1. The van der Waals surface area contributed by atoms with E-state index in [1.807, 2.05) is 4.90 Å². The number of nitrogens with zero attached hydrogens (tertiary/aromatic N) is 1. The summed E-state index contributed by atoms with van der Waals surface area (Å²) in [5.41, 5.74) is 1.13. The second-order valence-corrected chi connectivity index (χ2v) is 6.93. The van der Waals surface area contributed by atoms with Gasteiger partial charge in [-0.25, -0.2) is 8.78 Å². The lowest BCUT2D eigenvalue weighted by atomic mass is 9.85. The van der Waals surface area contributed by atoms with Gasteiger partial charge in [-0.2, -0.15) is 0 Å². The van der Waals surface area contributed by atoms with Crippen molar-refractivity contribution in [2.24, 2.45) is 0 Å². The molecule has 0 aromatic heterocycles. The summed E-state index contributed by atoms with van der Waals surface area (Å²) >= 11 is 0. The van der Waals surface area contributed by atoms with E-state index >= 15 is 0 Å². The maximum Gasteiger partial charge on any atom is 0.267 e. The van der Waals surface area contributed by atoms with Crippen molar-refractivity contribution in [1.29, 1.82) is 0 Å². The minimum Gasteiger partial charge on any atom is -0.489 e. The average Bonchev–Trinajstić information content (AvgIpc) is 2.67. The fourth-order valence-corrected chi connectivity index (χ4v) is 3.83. The molecule has 1 aromatic rings. The van der Waals surface area contributed by atoms with Crippen molar-refractivity contribution < 1.29 is 23.1 Å². The Kier molecular flexibility index (Phi) is 5.94. The van der Waals surface area contributed by atoms with E-state index in [1.54, 1.807) is 25.2 Å². The van der Waals surface area contributed by atoms with E-state index in [0.29, 0.717) is 49.5 Å². The van der Waals surface area contributed by atoms with Gasteiger partial charge in [0.25, 0.3) is 5.92 Å². The Balaban J connectivity index is 1.90. The molecule has 1 fully saturated rings. The largest absolute Gasteiger partial charge is 0.489 e. The third-order valence-electron chi connectivity index (χ3n) is 5.27. The molecule has 0 bridgehead atoms. The topological polar surface area (TPSA) is 70.7 Å². The van der Waals surface area contributed by atoms with Crippen molar-refractivity contribution >= 4 is 17.9 Å². The summed E-state index contributed by atoms with van der Waals surface area (Å²) in [6.07, 6.45) is 1.71. The summed E-state index contributed by atoms with van der Waals surface area (Å²) in [6, 6.07) is 4.70. The molecule has 2 N–H and O–H groups in total. The molecular weight excluding hydrogens is 356 g/mol. The zero-order valence-corrected chi connectivity index (χ0v) is 15.3. The number of alkyl halides is 2. The normalized spacial score (nSPS) is 22.3. The molecule has 2 heterocycles. The van der Waals surface area contributed by atoms with Gasteiger partial charge in [0.2, 0.25) is 5.91 Å². The van der Waals surface area contributed by atoms with Crippen LogP contribution in [0.4, 0.5) is 14.5 Å². The first-order valence-electron chi connectivity index (χ1n) is 9.24. The maximum absolute atomic E-state index is 14.5. The van der Waals surface area contributed by atoms with E-state index in [2.05, 4.69) is 10.6 Å². The van der Waals surface area contributed by atoms with E-state index < -0.39 is 17.9 Å². The number of nitrogens with one attached hydrogen (secondary N) is 2. The first kappa shape index (κ1) is 19.5. The van der Waals surface area contributed by atoms with Crippen LogP contribution in [0.15, 0.2) is 18.2 Å². The Morgan fingerprint density at radius 2 is 2.33 bits per heavy atom. The lowest BCUT2D eigenvalue weighted by molar-refractivity contribution is -0.120. The molecule has 0 aliphatic carbocycles. The zero-order valence-electron chi connectivity index (χ0n) is 15.3. The van der Waals surface area contributed by atoms with Crippen LogP contribution < -0.4 is 20.3 Å². The summed E-state index contributed by atoms with van der Waals surface area (Å²) in [7, 11) is 1.55. The van der Waals surface area contributed by atoms with Gasteiger partial charge in [0, 0.05) is 19.0 Å². The number of anilines is 1. The van der Waals surface area contributed by atoms with Crippen molar-refractivity contribution in [2.45, 2.75) is 37.1 Å². The monoisotopic (exact) mass is 381 g/mol. The molecule has 0 radical (unpaired) electrons. The van der Waals surface area contributed by atoms with Crippen LogP contribution in [0.5, 0.6) is 5.75 Å². The number of piperidine rings is 1. The van der Waals surface area contributed by atoms with E-state index in [0.717, 1.165) is 6.29 Å². The minimum atomic E-state index is -2.86. The van der Waals surface area contributed by atoms with Crippen molar-refractivity contribution in [3.63, 3.8) is 0 Å². The Morgan fingerprint density at radius 3 is 3.04 bits per heavy atom. The zero-order chi connectivity index (χ0) is 19.4. The first-order chi connectivity index (χ1) is 13.0. The number of halogens is 2. The SMILES string of the molecule is CNC(=O)CCC(C=O)N1CCOc2c(C3CCNCC3(F)F)cccc21. The number of amides is 1. The smallest absolute Gasteiger partial charge is 0.267 e. The van der Waals surface area contributed by atoms with Gasteiger partial charge in [0.05, 0.1) is 30.7 Å². The van der Waals surface area contributed by atoms with E-state index in [9.17, 15) is 18.4 Å². The molecule has 1 amide bonds. The van der Waals surface area contributed by atoms with Crippen LogP contribution in [-0.2, 0) is 9.59 Å². The van der Waals surface area contributed by atoms with Gasteiger partial charge in [-0.05, 0) is 25.5 Å². The maximum atomic E-state index is 14.5. The molecule has 0 saturated carbocycles. The highest BCUT2D eigenvalue weighted by molar-refractivity contribution is 5.77. The predicted molar refractivity (Wildman–Crippen MR) is 97.6 cm³/mol. The number of ether oxygens (including phenoxy) is 1. The molecule has 8 heteroatoms. The van der Waals surface area contributed by atoms with Gasteiger partial charge in [-0.15, -0.1) is 0 Å². The van der Waals surface area contributed by atoms with Gasteiger partial charge in [-0.3, -0.25) is 4.79 Å². The highest BCUT2D eigenvalue weighted by atomic mass is 19.3. The second kappa shape index (κ2) is 8.21. The van der Waals surface area contributed by atoms with E-state index in [4.69, 9.17) is 4.74 Å². The van der Waals surface area contributed by atoms with Crippen LogP contribution in [0.1, 0.15) is 30.7 Å². The first-order valence-corrected chi connectivity index (χ1v) is 9.24. The Morgan fingerprint density at radius 1 is 1.52 bits per heavy atom. The van der Waals surface area contributed by atoms with Crippen molar-refractivity contribution in [3.8, 4) is 5.75 Å². The summed E-state index contributed by atoms with van der Waals surface area (Å²) in [6.45, 7) is 0.950. The molecule has 1 saturated heterocycles. The fourth-order valence-electron chi connectivity index (χ4n) is 3.83. The lowest BCUT2D eigenvalue weighted by Gasteiger charge is -2.38. The number of benzene rings is 1.